The zero-order valence-electron chi connectivity index (χ0n) is 18.8. The van der Waals surface area contributed by atoms with Crippen molar-refractivity contribution in [3.05, 3.63) is 65.5 Å². The molecule has 1 N–H and O–H groups in total. The molecule has 33 heavy (non-hydrogen) atoms. The Kier molecular flexibility index (Phi) is 6.81. The monoisotopic (exact) mass is 471 g/mol. The zero-order chi connectivity index (χ0) is 23.6. The Balaban J connectivity index is 1.89. The number of nitrogens with zero attached hydrogens (tertiary/aromatic N) is 2. The van der Waals surface area contributed by atoms with E-state index in [1.54, 1.807) is 54.5 Å². The molecule has 1 amide bonds. The summed E-state index contributed by atoms with van der Waals surface area (Å²) in [4.78, 5) is 33.0. The van der Waals surface area contributed by atoms with Gasteiger partial charge >= 0.3 is 5.97 Å². The lowest BCUT2D eigenvalue weighted by Crippen LogP contribution is -2.58. The third-order valence-corrected chi connectivity index (χ3v) is 7.15. The summed E-state index contributed by atoms with van der Waals surface area (Å²) in [7, 11) is -3.48. The lowest BCUT2D eigenvalue weighted by molar-refractivity contribution is -0.147. The molecule has 4 atom stereocenters. The van der Waals surface area contributed by atoms with Crippen LogP contribution in [0.2, 0.25) is 0 Å². The van der Waals surface area contributed by atoms with Crippen LogP contribution in [-0.2, 0) is 19.6 Å². The van der Waals surface area contributed by atoms with E-state index in [4.69, 9.17) is 4.74 Å². The molecular formula is C24H29N3O5S. The van der Waals surface area contributed by atoms with Gasteiger partial charge in [0.2, 0.25) is 10.0 Å². The molecule has 2 heterocycles. The van der Waals surface area contributed by atoms with E-state index in [2.05, 4.69) is 9.71 Å². The van der Waals surface area contributed by atoms with Gasteiger partial charge in [0.05, 0.1) is 18.9 Å². The first kappa shape index (κ1) is 23.4. The Hall–Kier alpha value is -2.78. The average molecular weight is 472 g/mol. The number of nitrogens with one attached hydrogen (secondary N) is 1. The van der Waals surface area contributed by atoms with Crippen molar-refractivity contribution < 1.29 is 22.7 Å². The Bertz CT molecular complexity index is 1120. The molecule has 1 aliphatic carbocycles. The molecule has 1 aromatic carbocycles. The summed E-state index contributed by atoms with van der Waals surface area (Å²) >= 11 is 0. The summed E-state index contributed by atoms with van der Waals surface area (Å²) < 4.78 is 32.4. The standard InChI is InChI=1S/C24H29N3O5S/c1-3-32-24(29)21-17-8-4-5-9-18(17)23(28)27(22(21)16-12-14-25-15-13-16)20-11-7-6-10-19(20)26-33(2,30)31/h4-5,8-9,12-15,19-22,26H,3,6-7,10-11H2,1-2H3/t19-,20-,21+,22-/m0/s1. The predicted molar refractivity (Wildman–Crippen MR) is 123 cm³/mol. The summed E-state index contributed by atoms with van der Waals surface area (Å²) in [6.07, 6.45) is 7.39. The minimum absolute atomic E-state index is 0.208. The molecule has 0 unspecified atom stereocenters. The largest absolute Gasteiger partial charge is 0.465 e. The Morgan fingerprint density at radius 2 is 1.85 bits per heavy atom. The second-order valence-corrected chi connectivity index (χ2v) is 10.4. The summed E-state index contributed by atoms with van der Waals surface area (Å²) in [5.74, 6) is -1.35. The number of amides is 1. The van der Waals surface area contributed by atoms with E-state index in [1.807, 2.05) is 6.07 Å². The number of carbonyl (C=O) groups excluding carboxylic acids is 2. The molecule has 2 aromatic rings. The second kappa shape index (κ2) is 9.61. The van der Waals surface area contributed by atoms with Gasteiger partial charge < -0.3 is 9.64 Å². The first-order valence-electron chi connectivity index (χ1n) is 11.3. The number of benzene rings is 1. The van der Waals surface area contributed by atoms with Crippen LogP contribution in [0.5, 0.6) is 0 Å². The van der Waals surface area contributed by atoms with Crippen LogP contribution in [-0.4, -0.2) is 55.1 Å². The smallest absolute Gasteiger partial charge is 0.315 e. The maximum atomic E-state index is 13.9. The molecule has 1 saturated carbocycles. The highest BCUT2D eigenvalue weighted by Crippen LogP contribution is 2.46. The lowest BCUT2D eigenvalue weighted by Gasteiger charge is -2.48. The van der Waals surface area contributed by atoms with E-state index in [9.17, 15) is 18.0 Å². The van der Waals surface area contributed by atoms with Gasteiger partial charge in [-0.1, -0.05) is 31.0 Å². The number of sulfonamides is 1. The van der Waals surface area contributed by atoms with Crippen LogP contribution >= 0.6 is 0 Å². The minimum atomic E-state index is -3.48. The van der Waals surface area contributed by atoms with Crippen LogP contribution in [0.15, 0.2) is 48.8 Å². The SMILES string of the molecule is CCOC(=O)[C@@H]1c2ccccc2C(=O)N([C@H]2CCCC[C@@H]2NS(C)(=O)=O)[C@H]1c1ccncc1. The highest BCUT2D eigenvalue weighted by Gasteiger charge is 2.49. The van der Waals surface area contributed by atoms with Crippen LogP contribution in [0.3, 0.4) is 0 Å². The van der Waals surface area contributed by atoms with Gasteiger partial charge in [0.15, 0.2) is 0 Å². The summed E-state index contributed by atoms with van der Waals surface area (Å²) in [5.41, 5.74) is 1.83. The first-order valence-corrected chi connectivity index (χ1v) is 13.2. The molecule has 176 valence electrons. The average Bonchev–Trinajstić information content (AvgIpc) is 2.79. The number of esters is 1. The van der Waals surface area contributed by atoms with Gasteiger partial charge in [0, 0.05) is 30.0 Å². The predicted octanol–water partition coefficient (Wildman–Crippen LogP) is 2.79. The van der Waals surface area contributed by atoms with Crippen molar-refractivity contribution in [2.45, 2.75) is 56.7 Å². The van der Waals surface area contributed by atoms with Crippen molar-refractivity contribution in [1.29, 1.82) is 0 Å². The maximum absolute atomic E-state index is 13.9. The molecule has 0 saturated heterocycles. The number of ether oxygens (including phenoxy) is 1. The zero-order valence-corrected chi connectivity index (χ0v) is 19.6. The molecule has 0 spiro atoms. The fraction of sp³-hybridized carbons (Fsp3) is 0.458. The van der Waals surface area contributed by atoms with Gasteiger partial charge in [0.25, 0.3) is 5.91 Å². The van der Waals surface area contributed by atoms with Crippen LogP contribution in [0, 0.1) is 0 Å². The summed E-state index contributed by atoms with van der Waals surface area (Å²) in [6, 6.07) is 9.24. The van der Waals surface area contributed by atoms with Crippen molar-refractivity contribution in [1.82, 2.24) is 14.6 Å². The molecule has 8 nitrogen and oxygen atoms in total. The van der Waals surface area contributed by atoms with Gasteiger partial charge in [-0.15, -0.1) is 0 Å². The van der Waals surface area contributed by atoms with E-state index in [0.717, 1.165) is 24.7 Å². The Labute approximate surface area is 194 Å². The third-order valence-electron chi connectivity index (χ3n) is 6.42. The molecule has 1 aromatic heterocycles. The maximum Gasteiger partial charge on any atom is 0.315 e. The van der Waals surface area contributed by atoms with E-state index < -0.39 is 40.0 Å². The van der Waals surface area contributed by atoms with Crippen molar-refractivity contribution >= 4 is 21.9 Å². The molecule has 0 bridgehead atoms. The Morgan fingerprint density at radius 1 is 1.15 bits per heavy atom. The van der Waals surface area contributed by atoms with Gasteiger partial charge in [-0.25, -0.2) is 13.1 Å². The summed E-state index contributed by atoms with van der Waals surface area (Å²) in [5, 5.41) is 0. The molecule has 1 fully saturated rings. The third kappa shape index (κ3) is 4.79. The highest BCUT2D eigenvalue weighted by atomic mass is 32.2. The fourth-order valence-corrected chi connectivity index (χ4v) is 6.00. The Morgan fingerprint density at radius 3 is 2.55 bits per heavy atom. The number of carbonyl (C=O) groups is 2. The van der Waals surface area contributed by atoms with Crippen LogP contribution < -0.4 is 4.72 Å². The lowest BCUT2D eigenvalue weighted by atomic mass is 9.77. The first-order chi connectivity index (χ1) is 15.8. The number of pyridine rings is 1. The fourth-order valence-electron chi connectivity index (χ4n) is 5.17. The van der Waals surface area contributed by atoms with Gasteiger partial charge in [0.1, 0.15) is 5.92 Å². The molecule has 0 radical (unpaired) electrons. The molecular weight excluding hydrogens is 442 g/mol. The van der Waals surface area contributed by atoms with E-state index in [-0.39, 0.29) is 12.5 Å². The highest BCUT2D eigenvalue weighted by molar-refractivity contribution is 7.88. The van der Waals surface area contributed by atoms with Gasteiger partial charge in [-0.2, -0.15) is 0 Å². The van der Waals surface area contributed by atoms with Crippen LogP contribution in [0.4, 0.5) is 0 Å². The quantitative estimate of drug-likeness (QED) is 0.650. The molecule has 4 rings (SSSR count). The van der Waals surface area contributed by atoms with Crippen molar-refractivity contribution in [2.24, 2.45) is 0 Å². The van der Waals surface area contributed by atoms with Gasteiger partial charge in [-0.3, -0.25) is 14.6 Å². The number of hydrogen-bond donors (Lipinski definition) is 1. The minimum Gasteiger partial charge on any atom is -0.465 e. The number of hydrogen-bond acceptors (Lipinski definition) is 6. The molecule has 9 heteroatoms. The van der Waals surface area contributed by atoms with E-state index >= 15 is 0 Å². The van der Waals surface area contributed by atoms with Crippen molar-refractivity contribution in [2.75, 3.05) is 12.9 Å². The molecule has 2 aliphatic rings. The normalized spacial score (nSPS) is 25.4. The number of rotatable bonds is 6. The van der Waals surface area contributed by atoms with E-state index in [1.165, 1.54) is 0 Å². The van der Waals surface area contributed by atoms with Crippen LogP contribution in [0.25, 0.3) is 0 Å². The van der Waals surface area contributed by atoms with Crippen LogP contribution in [0.1, 0.15) is 66.1 Å². The van der Waals surface area contributed by atoms with E-state index in [0.29, 0.717) is 24.0 Å². The molecule has 1 aliphatic heterocycles. The van der Waals surface area contributed by atoms with Crippen molar-refractivity contribution in [3.8, 4) is 0 Å². The van der Waals surface area contributed by atoms with Crippen molar-refractivity contribution in [3.63, 3.8) is 0 Å². The topological polar surface area (TPSA) is 106 Å². The number of fused-ring (bicyclic) bond motifs is 1. The number of aromatic nitrogens is 1. The summed E-state index contributed by atoms with van der Waals surface area (Å²) in [6.45, 7) is 1.97. The van der Waals surface area contributed by atoms with Gasteiger partial charge in [-0.05, 0) is 49.1 Å². The second-order valence-electron chi connectivity index (χ2n) is 8.60.